The molecule has 4 nitrogen and oxygen atoms in total. The maximum Gasteiger partial charge on any atom is 0.0310 e. The van der Waals surface area contributed by atoms with E-state index < -0.39 is 0 Å². The lowest BCUT2D eigenvalue weighted by molar-refractivity contribution is 1.14. The van der Waals surface area contributed by atoms with Crippen molar-refractivity contribution in [2.75, 3.05) is 18.8 Å². The van der Waals surface area contributed by atoms with E-state index in [-0.39, 0.29) is 0 Å². The van der Waals surface area contributed by atoms with Crippen molar-refractivity contribution in [3.05, 3.63) is 4.91 Å². The lowest BCUT2D eigenvalue weighted by atomic mass is 10.8. The van der Waals surface area contributed by atoms with Gasteiger partial charge in [-0.2, -0.15) is 0 Å². The van der Waals surface area contributed by atoms with Gasteiger partial charge in [0, 0.05) is 28.8 Å². The minimum absolute atomic E-state index is 0.524. The Labute approximate surface area is 59.5 Å². The van der Waals surface area contributed by atoms with Gasteiger partial charge in [-0.05, 0) is 6.54 Å². The van der Waals surface area contributed by atoms with Crippen molar-refractivity contribution in [2.24, 2.45) is 16.0 Å². The van der Waals surface area contributed by atoms with Gasteiger partial charge in [0.15, 0.2) is 0 Å². The average molecular weight is 151 g/mol. The first-order valence-electron chi connectivity index (χ1n) is 2.68. The normalized spacial score (nSPS) is 7.44. The fraction of sp³-hybridized carbons (Fsp3) is 1.00. The number of hydrogen-bond acceptors (Lipinski definition) is 5. The highest BCUT2D eigenvalue weighted by Gasteiger charge is 1.76. The SMILES string of the molecule is CCN.NCCSN=O. The molecule has 0 heterocycles. The van der Waals surface area contributed by atoms with E-state index in [0.717, 1.165) is 18.5 Å². The topological polar surface area (TPSA) is 81.5 Å². The molecule has 0 fully saturated rings. The fourth-order valence-corrected chi connectivity index (χ4v) is 0.270. The van der Waals surface area contributed by atoms with E-state index in [1.165, 1.54) is 0 Å². The molecule has 0 amide bonds. The summed E-state index contributed by atoms with van der Waals surface area (Å²) in [6, 6.07) is 0. The maximum absolute atomic E-state index is 9.22. The van der Waals surface area contributed by atoms with Crippen molar-refractivity contribution < 1.29 is 0 Å². The van der Waals surface area contributed by atoms with Crippen LogP contribution in [0.5, 0.6) is 0 Å². The van der Waals surface area contributed by atoms with Crippen LogP contribution in [0.15, 0.2) is 4.58 Å². The molecule has 4 N–H and O–H groups in total. The number of rotatable bonds is 3. The molecule has 9 heavy (non-hydrogen) atoms. The Morgan fingerprint density at radius 3 is 2.11 bits per heavy atom. The molecule has 0 aromatic heterocycles. The molecule has 0 saturated heterocycles. The van der Waals surface area contributed by atoms with Crippen molar-refractivity contribution in [2.45, 2.75) is 6.92 Å². The van der Waals surface area contributed by atoms with E-state index in [1.807, 2.05) is 6.92 Å². The number of nitroso groups, excluding NO2 is 1. The summed E-state index contributed by atoms with van der Waals surface area (Å²) in [5.41, 5.74) is 9.84. The van der Waals surface area contributed by atoms with Crippen molar-refractivity contribution >= 4 is 11.9 Å². The van der Waals surface area contributed by atoms with Crippen LogP contribution in [0.4, 0.5) is 0 Å². The molecule has 5 heteroatoms. The summed E-state index contributed by atoms with van der Waals surface area (Å²) in [5.74, 6) is 0.628. The first-order chi connectivity index (χ1) is 4.33. The molecule has 0 atom stereocenters. The van der Waals surface area contributed by atoms with Crippen molar-refractivity contribution in [1.29, 1.82) is 0 Å². The third-order valence-corrected chi connectivity index (χ3v) is 0.786. The van der Waals surface area contributed by atoms with Crippen molar-refractivity contribution in [3.8, 4) is 0 Å². The third kappa shape index (κ3) is 32.9. The van der Waals surface area contributed by atoms with Crippen LogP contribution < -0.4 is 11.5 Å². The summed E-state index contributed by atoms with van der Waals surface area (Å²) in [4.78, 5) is 9.22. The quantitative estimate of drug-likeness (QED) is 0.346. The van der Waals surface area contributed by atoms with Gasteiger partial charge >= 0.3 is 0 Å². The Hall–Kier alpha value is -0.130. The highest BCUT2D eigenvalue weighted by molar-refractivity contribution is 7.97. The zero-order valence-electron chi connectivity index (χ0n) is 5.54. The van der Waals surface area contributed by atoms with Gasteiger partial charge in [-0.25, -0.2) is 0 Å². The third-order valence-electron chi connectivity index (χ3n) is 0.262. The van der Waals surface area contributed by atoms with Gasteiger partial charge in [0.05, 0.1) is 0 Å². The Bertz CT molecular complexity index is 53.1. The summed E-state index contributed by atoms with van der Waals surface area (Å²) < 4.78 is 2.51. The molecule has 0 aliphatic carbocycles. The van der Waals surface area contributed by atoms with Crippen LogP contribution in [0.3, 0.4) is 0 Å². The molecule has 0 aliphatic rings. The monoisotopic (exact) mass is 151 g/mol. The average Bonchev–Trinajstić information content (AvgIpc) is 1.86. The molecule has 0 radical (unpaired) electrons. The Morgan fingerprint density at radius 2 is 2.00 bits per heavy atom. The molecular formula is C4H13N3OS. The molecule has 0 aromatic rings. The summed E-state index contributed by atoms with van der Waals surface area (Å²) in [6.07, 6.45) is 0. The highest BCUT2D eigenvalue weighted by atomic mass is 32.2. The first kappa shape index (κ1) is 11.6. The van der Waals surface area contributed by atoms with Gasteiger partial charge in [0.2, 0.25) is 0 Å². The van der Waals surface area contributed by atoms with Crippen LogP contribution in [0, 0.1) is 4.91 Å². The molecule has 0 bridgehead atoms. The van der Waals surface area contributed by atoms with Crippen LogP contribution in [-0.4, -0.2) is 18.8 Å². The van der Waals surface area contributed by atoms with Crippen LogP contribution in [-0.2, 0) is 0 Å². The largest absolute Gasteiger partial charge is 0.331 e. The lowest BCUT2D eigenvalue weighted by Crippen LogP contribution is -1.99. The smallest absolute Gasteiger partial charge is 0.0310 e. The Balaban J connectivity index is 0. The minimum Gasteiger partial charge on any atom is -0.331 e. The second-order valence-corrected chi connectivity index (χ2v) is 1.92. The Morgan fingerprint density at radius 1 is 1.56 bits per heavy atom. The van der Waals surface area contributed by atoms with Crippen LogP contribution in [0.25, 0.3) is 0 Å². The van der Waals surface area contributed by atoms with Gasteiger partial charge in [-0.15, -0.1) is 4.91 Å². The maximum atomic E-state index is 9.22. The molecule has 56 valence electrons. The standard InChI is InChI=1S/C2H6N2OS.C2H7N/c3-1-2-6-4-5;1-2-3/h1-3H2;2-3H2,1H3. The molecular weight excluding hydrogens is 138 g/mol. The number of hydrogen-bond donors (Lipinski definition) is 2. The fourth-order valence-electron chi connectivity index (χ4n) is 0.0900. The summed E-state index contributed by atoms with van der Waals surface area (Å²) in [6.45, 7) is 3.18. The lowest BCUT2D eigenvalue weighted by Gasteiger charge is -1.78. The number of nitrogens with two attached hydrogens (primary N) is 2. The van der Waals surface area contributed by atoms with E-state index in [9.17, 15) is 4.91 Å². The first-order valence-corrected chi connectivity index (χ1v) is 3.62. The van der Waals surface area contributed by atoms with Gasteiger partial charge < -0.3 is 11.5 Å². The zero-order chi connectivity index (χ0) is 7.54. The molecule has 0 spiro atoms. The zero-order valence-corrected chi connectivity index (χ0v) is 6.36. The molecule has 0 rings (SSSR count). The van der Waals surface area contributed by atoms with Gasteiger partial charge in [-0.3, -0.25) is 0 Å². The van der Waals surface area contributed by atoms with Crippen molar-refractivity contribution in [1.82, 2.24) is 0 Å². The predicted octanol–water partition coefficient (Wildman–Crippen LogP) is 0.325. The molecule has 0 saturated carbocycles. The van der Waals surface area contributed by atoms with Crippen LogP contribution in [0.2, 0.25) is 0 Å². The molecule has 0 aliphatic heterocycles. The van der Waals surface area contributed by atoms with E-state index >= 15 is 0 Å². The van der Waals surface area contributed by atoms with Crippen LogP contribution in [0.1, 0.15) is 6.92 Å². The second-order valence-electron chi connectivity index (χ2n) is 1.10. The highest BCUT2D eigenvalue weighted by Crippen LogP contribution is 1.94. The minimum atomic E-state index is 0.524. The van der Waals surface area contributed by atoms with E-state index in [4.69, 9.17) is 11.5 Å². The van der Waals surface area contributed by atoms with Crippen LogP contribution >= 0.6 is 11.9 Å². The molecule has 0 unspecified atom stereocenters. The number of nitrogens with zero attached hydrogens (tertiary/aromatic N) is 1. The van der Waals surface area contributed by atoms with Gasteiger partial charge in [-0.1, -0.05) is 6.92 Å². The van der Waals surface area contributed by atoms with E-state index in [0.29, 0.717) is 12.3 Å². The molecule has 0 aromatic carbocycles. The summed E-state index contributed by atoms with van der Waals surface area (Å²) in [5, 5.41) is 0. The summed E-state index contributed by atoms with van der Waals surface area (Å²) >= 11 is 0.953. The second kappa shape index (κ2) is 15.7. The van der Waals surface area contributed by atoms with E-state index in [2.05, 4.69) is 4.58 Å². The summed E-state index contributed by atoms with van der Waals surface area (Å²) in [7, 11) is 0. The van der Waals surface area contributed by atoms with E-state index in [1.54, 1.807) is 0 Å². The van der Waals surface area contributed by atoms with Gasteiger partial charge in [0.25, 0.3) is 0 Å². The van der Waals surface area contributed by atoms with Gasteiger partial charge in [0.1, 0.15) is 0 Å². The van der Waals surface area contributed by atoms with Crippen molar-refractivity contribution in [3.63, 3.8) is 0 Å². The predicted molar refractivity (Wildman–Crippen MR) is 42.0 cm³/mol. The Kier molecular flexibility index (Phi) is 20.3.